The lowest BCUT2D eigenvalue weighted by Crippen LogP contribution is -2.50. The van der Waals surface area contributed by atoms with Crippen LogP contribution in [0.4, 0.5) is 5.69 Å². The summed E-state index contributed by atoms with van der Waals surface area (Å²) in [6.07, 6.45) is 9.33. The lowest BCUT2D eigenvalue weighted by atomic mass is 10.2. The molecule has 1 amide bonds. The first-order valence-electron chi connectivity index (χ1n) is 15.4. The number of rotatable bonds is 20. The van der Waals surface area contributed by atoms with Gasteiger partial charge in [0.2, 0.25) is 6.41 Å². The van der Waals surface area contributed by atoms with Crippen LogP contribution in [-0.4, -0.2) is 96.9 Å². The molecule has 0 aliphatic heterocycles. The quantitative estimate of drug-likeness (QED) is 0.0619. The zero-order valence-electron chi connectivity index (χ0n) is 27.9. The van der Waals surface area contributed by atoms with Crippen LogP contribution in [0.25, 0.3) is 0 Å². The van der Waals surface area contributed by atoms with Gasteiger partial charge in [0.25, 0.3) is 0 Å². The molecule has 3 rings (SSSR count). The van der Waals surface area contributed by atoms with Gasteiger partial charge in [0.15, 0.2) is 0 Å². The molecule has 0 spiro atoms. The van der Waals surface area contributed by atoms with E-state index in [1.54, 1.807) is 30.6 Å². The van der Waals surface area contributed by atoms with Crippen molar-refractivity contribution in [2.45, 2.75) is 32.5 Å². The molecule has 0 aliphatic rings. The number of hydrogen-bond donors (Lipinski definition) is 4. The molecule has 4 N–H and O–H groups in total. The predicted octanol–water partition coefficient (Wildman–Crippen LogP) is 4.00. The fourth-order valence-corrected chi connectivity index (χ4v) is 4.13. The summed E-state index contributed by atoms with van der Waals surface area (Å²) in [5.41, 5.74) is 6.69. The highest BCUT2D eigenvalue weighted by Crippen LogP contribution is 2.11. The highest BCUT2D eigenvalue weighted by molar-refractivity contribution is 5.53. The number of phenols is 1. The lowest BCUT2D eigenvalue weighted by Gasteiger charge is -2.31. The Labute approximate surface area is 280 Å². The molecule has 254 valence electrons. The standard InChI is InChI=1S/C23H33N5O.C7H8O.C6H10N2O2/c1-20(26-22-12-7-13-24-18-22)9-8-14-27(2)19-23(28(3)15-16-29)25-17-21-10-5-4-6-11-21;1-6-2-4-7(8)5-3-6;1-2-3-8(4-5-9)7-6-10/h4-7,10-13,16,18,23,25-26H,1,8-9,14-15,17,19H2,2-3H3;2-5,8H,1H3;2,5-6H,1,3-4H2,(H,7,10). The summed E-state index contributed by atoms with van der Waals surface area (Å²) in [7, 11) is 4.09. The molecule has 0 saturated heterocycles. The minimum Gasteiger partial charge on any atom is -0.508 e. The SMILES string of the molecule is C=C(CCCN(C)CC(NCc1ccccc1)N(C)CC=O)Nc1cccnc1.C=CCN(CC=O)NC=O.Cc1ccc(O)cc1. The van der Waals surface area contributed by atoms with Crippen molar-refractivity contribution in [1.29, 1.82) is 0 Å². The monoisotopic (exact) mass is 645 g/mol. The number of allylic oxidation sites excluding steroid dienone is 1. The van der Waals surface area contributed by atoms with Crippen LogP contribution in [0.1, 0.15) is 24.0 Å². The maximum Gasteiger partial charge on any atom is 0.221 e. The van der Waals surface area contributed by atoms with Crippen molar-refractivity contribution in [3.8, 4) is 5.75 Å². The van der Waals surface area contributed by atoms with Crippen molar-refractivity contribution in [3.63, 3.8) is 0 Å². The predicted molar refractivity (Wildman–Crippen MR) is 189 cm³/mol. The van der Waals surface area contributed by atoms with Crippen LogP contribution in [0.3, 0.4) is 0 Å². The molecule has 1 unspecified atom stereocenters. The van der Waals surface area contributed by atoms with Crippen LogP contribution in [0.15, 0.2) is 104 Å². The zero-order chi connectivity index (χ0) is 34.7. The molecule has 0 radical (unpaired) electrons. The van der Waals surface area contributed by atoms with E-state index >= 15 is 0 Å². The average Bonchev–Trinajstić information content (AvgIpc) is 3.06. The average molecular weight is 646 g/mol. The largest absolute Gasteiger partial charge is 0.508 e. The van der Waals surface area contributed by atoms with Gasteiger partial charge in [0.1, 0.15) is 18.3 Å². The highest BCUT2D eigenvalue weighted by atomic mass is 16.3. The molecule has 11 nitrogen and oxygen atoms in total. The molecule has 0 saturated carbocycles. The number of carbonyl (C=O) groups excluding carboxylic acids is 3. The Hall–Kier alpha value is -4.68. The first kappa shape index (κ1) is 40.3. The minimum atomic E-state index is 0.0992. The Bertz CT molecular complexity index is 1230. The highest BCUT2D eigenvalue weighted by Gasteiger charge is 2.16. The van der Waals surface area contributed by atoms with Crippen molar-refractivity contribution in [1.82, 2.24) is 30.5 Å². The molecule has 1 heterocycles. The summed E-state index contributed by atoms with van der Waals surface area (Å²) in [6, 6.07) is 21.3. The minimum absolute atomic E-state index is 0.0992. The van der Waals surface area contributed by atoms with Crippen molar-refractivity contribution in [3.05, 3.63) is 115 Å². The Morgan fingerprint density at radius 3 is 2.23 bits per heavy atom. The topological polar surface area (TPSA) is 130 Å². The molecule has 1 aromatic heterocycles. The first-order valence-corrected chi connectivity index (χ1v) is 15.4. The number of benzene rings is 2. The summed E-state index contributed by atoms with van der Waals surface area (Å²) in [5, 5.41) is 17.1. The normalized spacial score (nSPS) is 10.9. The van der Waals surface area contributed by atoms with Gasteiger partial charge >= 0.3 is 0 Å². The van der Waals surface area contributed by atoms with Gasteiger partial charge in [-0.3, -0.25) is 25.4 Å². The molecule has 11 heteroatoms. The molecule has 0 fully saturated rings. The first-order chi connectivity index (χ1) is 22.7. The fraction of sp³-hybridized carbons (Fsp3) is 0.333. The Morgan fingerprint density at radius 1 is 0.957 bits per heavy atom. The molecule has 0 bridgehead atoms. The van der Waals surface area contributed by atoms with E-state index in [9.17, 15) is 14.4 Å². The molecule has 0 aliphatic carbocycles. The number of hydrogen-bond acceptors (Lipinski definition) is 10. The van der Waals surface area contributed by atoms with Gasteiger partial charge in [0.05, 0.1) is 31.1 Å². The number of aromatic nitrogens is 1. The number of nitrogens with one attached hydrogen (secondary N) is 3. The second-order valence-electron chi connectivity index (χ2n) is 10.8. The Kier molecular flexibility index (Phi) is 21.9. The summed E-state index contributed by atoms with van der Waals surface area (Å²) in [6.45, 7) is 13.2. The number of pyridine rings is 1. The van der Waals surface area contributed by atoms with Gasteiger partial charge in [0, 0.05) is 31.5 Å². The summed E-state index contributed by atoms with van der Waals surface area (Å²) in [5.74, 6) is 0.329. The van der Waals surface area contributed by atoms with Gasteiger partial charge in [-0.15, -0.1) is 6.58 Å². The van der Waals surface area contributed by atoms with E-state index in [0.717, 1.165) is 50.1 Å². The number of hydrazine groups is 1. The second kappa shape index (κ2) is 25.5. The number of phenolic OH excluding ortho intramolecular Hbond substituents is 1. The van der Waals surface area contributed by atoms with E-state index in [4.69, 9.17) is 5.11 Å². The van der Waals surface area contributed by atoms with Gasteiger partial charge in [-0.25, -0.2) is 5.01 Å². The van der Waals surface area contributed by atoms with E-state index in [1.807, 2.05) is 56.4 Å². The van der Waals surface area contributed by atoms with E-state index in [1.165, 1.54) is 16.1 Å². The van der Waals surface area contributed by atoms with Crippen molar-refractivity contribution in [2.75, 3.05) is 52.1 Å². The van der Waals surface area contributed by atoms with Crippen LogP contribution in [0.5, 0.6) is 5.75 Å². The van der Waals surface area contributed by atoms with Crippen LogP contribution in [0, 0.1) is 6.92 Å². The summed E-state index contributed by atoms with van der Waals surface area (Å²) < 4.78 is 0. The number of amides is 1. The van der Waals surface area contributed by atoms with Gasteiger partial charge < -0.3 is 24.9 Å². The number of likely N-dealkylation sites (N-methyl/N-ethyl adjacent to an activating group) is 2. The molecular weight excluding hydrogens is 594 g/mol. The van der Waals surface area contributed by atoms with Crippen molar-refractivity contribution < 1.29 is 19.5 Å². The summed E-state index contributed by atoms with van der Waals surface area (Å²) in [4.78, 5) is 39.2. The zero-order valence-corrected chi connectivity index (χ0v) is 27.9. The Balaban J connectivity index is 0.000000497. The van der Waals surface area contributed by atoms with Crippen LogP contribution in [0.2, 0.25) is 0 Å². The third-order valence-electron chi connectivity index (χ3n) is 6.68. The van der Waals surface area contributed by atoms with E-state index in [-0.39, 0.29) is 12.7 Å². The number of aromatic hydroxyl groups is 1. The maximum atomic E-state index is 11.0. The number of aryl methyl sites for hydroxylation is 1. The lowest BCUT2D eigenvalue weighted by molar-refractivity contribution is -0.115. The number of anilines is 1. The van der Waals surface area contributed by atoms with Crippen molar-refractivity contribution >= 4 is 24.7 Å². The molecule has 47 heavy (non-hydrogen) atoms. The summed E-state index contributed by atoms with van der Waals surface area (Å²) >= 11 is 0. The molecular formula is C36H51N7O4. The van der Waals surface area contributed by atoms with Crippen molar-refractivity contribution in [2.24, 2.45) is 0 Å². The van der Waals surface area contributed by atoms with E-state index in [2.05, 4.69) is 63.2 Å². The smallest absolute Gasteiger partial charge is 0.221 e. The Morgan fingerprint density at radius 2 is 1.66 bits per heavy atom. The molecule has 3 aromatic rings. The van der Waals surface area contributed by atoms with E-state index in [0.29, 0.717) is 31.5 Å². The van der Waals surface area contributed by atoms with Gasteiger partial charge in [-0.2, -0.15) is 0 Å². The third kappa shape index (κ3) is 20.1. The van der Waals surface area contributed by atoms with Gasteiger partial charge in [-0.05, 0) is 70.2 Å². The van der Waals surface area contributed by atoms with Crippen LogP contribution >= 0.6 is 0 Å². The molecule has 2 aromatic carbocycles. The number of aldehydes is 2. The maximum absolute atomic E-state index is 11.0. The fourth-order valence-electron chi connectivity index (χ4n) is 4.13. The second-order valence-corrected chi connectivity index (χ2v) is 10.8. The van der Waals surface area contributed by atoms with Gasteiger partial charge in [-0.1, -0.05) is 60.7 Å². The van der Waals surface area contributed by atoms with Crippen LogP contribution < -0.4 is 16.1 Å². The van der Waals surface area contributed by atoms with E-state index < -0.39 is 0 Å². The number of nitrogens with zero attached hydrogens (tertiary/aromatic N) is 4. The van der Waals surface area contributed by atoms with Crippen LogP contribution in [-0.2, 0) is 20.9 Å². The number of carbonyl (C=O) groups is 3. The third-order valence-corrected chi connectivity index (χ3v) is 6.68. The molecule has 1 atom stereocenters.